The number of benzene rings is 1. The molecule has 4 N–H and O–H groups in total. The van der Waals surface area contributed by atoms with Gasteiger partial charge in [0, 0.05) is 24.4 Å². The van der Waals surface area contributed by atoms with Gasteiger partial charge >= 0.3 is 0 Å². The standard InChI is InChI=1S/C26H41NO4/c1-2-3-7-14-21(28)17-18-23-22(24(29)19-25(23)30)15-10-4-5-11-16-26(31)27-20-12-8-6-9-13-20/h6,8-9,12-13,17-18,21-25,28-30H,2-5,7,10-11,14-16,19H2,1H3,(H,27,31)/b18-17+/t21-,22+,23+,24?,25+/m0/s1. The number of aliphatic hydroxyl groups is 3. The zero-order chi connectivity index (χ0) is 22.5. The largest absolute Gasteiger partial charge is 0.393 e. The van der Waals surface area contributed by atoms with Gasteiger partial charge in [-0.2, -0.15) is 0 Å². The van der Waals surface area contributed by atoms with Crippen molar-refractivity contribution in [3.8, 4) is 0 Å². The minimum absolute atomic E-state index is 0.0375. The van der Waals surface area contributed by atoms with Crippen LogP contribution in [-0.2, 0) is 4.79 Å². The Hall–Kier alpha value is -1.69. The fraction of sp³-hybridized carbons (Fsp3) is 0.654. The van der Waals surface area contributed by atoms with E-state index < -0.39 is 18.3 Å². The van der Waals surface area contributed by atoms with Crippen molar-refractivity contribution in [2.24, 2.45) is 11.8 Å². The summed E-state index contributed by atoms with van der Waals surface area (Å²) in [6, 6.07) is 9.49. The van der Waals surface area contributed by atoms with Gasteiger partial charge in [-0.15, -0.1) is 0 Å². The number of unbranched alkanes of at least 4 members (excludes halogenated alkanes) is 5. The van der Waals surface area contributed by atoms with E-state index in [2.05, 4.69) is 12.2 Å². The summed E-state index contributed by atoms with van der Waals surface area (Å²) in [5.41, 5.74) is 0.829. The molecule has 1 aliphatic rings. The molecule has 2 rings (SSSR count). The highest BCUT2D eigenvalue weighted by Crippen LogP contribution is 2.37. The Balaban J connectivity index is 1.65. The first kappa shape index (κ1) is 25.6. The number of hydrogen-bond donors (Lipinski definition) is 4. The van der Waals surface area contributed by atoms with E-state index in [1.807, 2.05) is 36.4 Å². The van der Waals surface area contributed by atoms with Crippen LogP contribution < -0.4 is 5.32 Å². The molecule has 31 heavy (non-hydrogen) atoms. The maximum atomic E-state index is 12.0. The second-order valence-electron chi connectivity index (χ2n) is 8.93. The lowest BCUT2D eigenvalue weighted by Crippen LogP contribution is -2.21. The number of anilines is 1. The van der Waals surface area contributed by atoms with Gasteiger partial charge < -0.3 is 20.6 Å². The van der Waals surface area contributed by atoms with Crippen molar-refractivity contribution in [3.63, 3.8) is 0 Å². The molecule has 0 aromatic heterocycles. The molecule has 0 bridgehead atoms. The highest BCUT2D eigenvalue weighted by molar-refractivity contribution is 5.90. The van der Waals surface area contributed by atoms with Crippen molar-refractivity contribution in [1.29, 1.82) is 0 Å². The van der Waals surface area contributed by atoms with Crippen LogP contribution in [0.15, 0.2) is 42.5 Å². The van der Waals surface area contributed by atoms with E-state index in [0.717, 1.165) is 63.5 Å². The molecular formula is C26H41NO4. The maximum Gasteiger partial charge on any atom is 0.224 e. The molecule has 0 radical (unpaired) electrons. The van der Waals surface area contributed by atoms with Crippen molar-refractivity contribution < 1.29 is 20.1 Å². The van der Waals surface area contributed by atoms with E-state index in [0.29, 0.717) is 12.8 Å². The van der Waals surface area contributed by atoms with E-state index in [1.54, 1.807) is 6.08 Å². The van der Waals surface area contributed by atoms with Crippen molar-refractivity contribution in [2.75, 3.05) is 5.32 Å². The Morgan fingerprint density at radius 1 is 1.06 bits per heavy atom. The molecule has 1 aliphatic carbocycles. The van der Waals surface area contributed by atoms with Crippen LogP contribution in [0.3, 0.4) is 0 Å². The zero-order valence-electron chi connectivity index (χ0n) is 19.0. The van der Waals surface area contributed by atoms with Crippen molar-refractivity contribution in [3.05, 3.63) is 42.5 Å². The molecule has 1 unspecified atom stereocenters. The monoisotopic (exact) mass is 431 g/mol. The molecule has 174 valence electrons. The molecule has 0 heterocycles. The molecule has 1 saturated carbocycles. The van der Waals surface area contributed by atoms with Crippen molar-refractivity contribution in [1.82, 2.24) is 0 Å². The molecule has 5 atom stereocenters. The summed E-state index contributed by atoms with van der Waals surface area (Å²) in [5.74, 6) is -0.00817. The van der Waals surface area contributed by atoms with E-state index >= 15 is 0 Å². The van der Waals surface area contributed by atoms with Gasteiger partial charge in [-0.05, 0) is 37.3 Å². The number of nitrogens with one attached hydrogen (secondary N) is 1. The highest BCUT2D eigenvalue weighted by Gasteiger charge is 2.39. The first-order chi connectivity index (χ1) is 15.0. The Morgan fingerprint density at radius 2 is 1.81 bits per heavy atom. The lowest BCUT2D eigenvalue weighted by molar-refractivity contribution is -0.116. The smallest absolute Gasteiger partial charge is 0.224 e. The maximum absolute atomic E-state index is 12.0. The lowest BCUT2D eigenvalue weighted by Gasteiger charge is -2.21. The summed E-state index contributed by atoms with van der Waals surface area (Å²) in [4.78, 5) is 12.0. The predicted octanol–water partition coefficient (Wildman–Crippen LogP) is 4.82. The molecule has 0 saturated heterocycles. The van der Waals surface area contributed by atoms with E-state index in [4.69, 9.17) is 0 Å². The molecule has 0 aliphatic heterocycles. The van der Waals surface area contributed by atoms with Crippen LogP contribution >= 0.6 is 0 Å². The fourth-order valence-corrected chi connectivity index (χ4v) is 4.50. The third kappa shape index (κ3) is 9.55. The van der Waals surface area contributed by atoms with Crippen LogP contribution in [0.25, 0.3) is 0 Å². The number of amides is 1. The average molecular weight is 432 g/mol. The first-order valence-corrected chi connectivity index (χ1v) is 12.1. The summed E-state index contributed by atoms with van der Waals surface area (Å²) in [5, 5.41) is 33.7. The summed E-state index contributed by atoms with van der Waals surface area (Å²) >= 11 is 0. The zero-order valence-corrected chi connectivity index (χ0v) is 19.0. The number of carbonyl (C=O) groups excluding carboxylic acids is 1. The number of carbonyl (C=O) groups is 1. The van der Waals surface area contributed by atoms with Crippen LogP contribution in [0.5, 0.6) is 0 Å². The van der Waals surface area contributed by atoms with Gasteiger partial charge in [-0.25, -0.2) is 0 Å². The van der Waals surface area contributed by atoms with E-state index in [1.165, 1.54) is 0 Å². The number of para-hydroxylation sites is 1. The molecule has 5 nitrogen and oxygen atoms in total. The minimum atomic E-state index is -0.541. The van der Waals surface area contributed by atoms with Crippen LogP contribution in [0, 0.1) is 11.8 Å². The minimum Gasteiger partial charge on any atom is -0.393 e. The Bertz CT molecular complexity index is 648. The molecule has 1 aromatic carbocycles. The Labute approximate surface area is 187 Å². The lowest BCUT2D eigenvalue weighted by atomic mass is 9.88. The third-order valence-corrected chi connectivity index (χ3v) is 6.32. The Kier molecular flexibility index (Phi) is 11.9. The Morgan fingerprint density at radius 3 is 2.55 bits per heavy atom. The van der Waals surface area contributed by atoms with Crippen molar-refractivity contribution >= 4 is 11.6 Å². The SMILES string of the molecule is CCCCC[C@H](O)/C=C/[C@H]1[C@H](O)CC(O)[C@@H]1CCCCCCC(=O)Nc1ccccc1. The summed E-state index contributed by atoms with van der Waals surface area (Å²) in [6.07, 6.45) is 11.8. The third-order valence-electron chi connectivity index (χ3n) is 6.32. The number of hydrogen-bond acceptors (Lipinski definition) is 4. The summed E-state index contributed by atoms with van der Waals surface area (Å²) in [7, 11) is 0. The van der Waals surface area contributed by atoms with Gasteiger partial charge in [0.2, 0.25) is 5.91 Å². The van der Waals surface area contributed by atoms with Gasteiger partial charge in [-0.3, -0.25) is 4.79 Å². The highest BCUT2D eigenvalue weighted by atomic mass is 16.3. The summed E-state index contributed by atoms with van der Waals surface area (Å²) in [6.45, 7) is 2.14. The molecule has 1 fully saturated rings. The summed E-state index contributed by atoms with van der Waals surface area (Å²) < 4.78 is 0. The molecule has 1 aromatic rings. The van der Waals surface area contributed by atoms with Gasteiger partial charge in [0.15, 0.2) is 0 Å². The van der Waals surface area contributed by atoms with Gasteiger partial charge in [0.1, 0.15) is 0 Å². The quantitative estimate of drug-likeness (QED) is 0.251. The number of aliphatic hydroxyl groups excluding tert-OH is 3. The van der Waals surface area contributed by atoms with E-state index in [-0.39, 0.29) is 17.7 Å². The molecule has 0 spiro atoms. The predicted molar refractivity (Wildman–Crippen MR) is 126 cm³/mol. The fourth-order valence-electron chi connectivity index (χ4n) is 4.50. The molecule has 1 amide bonds. The van der Waals surface area contributed by atoms with Crippen LogP contribution in [0.2, 0.25) is 0 Å². The number of rotatable bonds is 14. The van der Waals surface area contributed by atoms with Crippen LogP contribution in [-0.4, -0.2) is 39.5 Å². The second-order valence-corrected chi connectivity index (χ2v) is 8.93. The van der Waals surface area contributed by atoms with Gasteiger partial charge in [0.25, 0.3) is 0 Å². The molecular weight excluding hydrogens is 390 g/mol. The second kappa shape index (κ2) is 14.4. The van der Waals surface area contributed by atoms with Crippen molar-refractivity contribution in [2.45, 2.75) is 95.9 Å². The first-order valence-electron chi connectivity index (χ1n) is 12.1. The van der Waals surface area contributed by atoms with Gasteiger partial charge in [-0.1, -0.05) is 75.8 Å². The van der Waals surface area contributed by atoms with E-state index in [9.17, 15) is 20.1 Å². The topological polar surface area (TPSA) is 89.8 Å². The van der Waals surface area contributed by atoms with Crippen LogP contribution in [0.1, 0.15) is 77.6 Å². The average Bonchev–Trinajstić information content (AvgIpc) is 3.02. The van der Waals surface area contributed by atoms with Gasteiger partial charge in [0.05, 0.1) is 18.3 Å². The molecule has 5 heteroatoms. The van der Waals surface area contributed by atoms with Crippen LogP contribution in [0.4, 0.5) is 5.69 Å². The normalized spacial score (nSPS) is 24.5.